The molecule has 136 valence electrons. The van der Waals surface area contributed by atoms with Crippen molar-refractivity contribution in [2.75, 3.05) is 31.2 Å². The lowest BCUT2D eigenvalue weighted by Gasteiger charge is -2.35. The summed E-state index contributed by atoms with van der Waals surface area (Å²) in [5.41, 5.74) is 0.209. The Bertz CT molecular complexity index is 661. The van der Waals surface area contributed by atoms with Crippen LogP contribution in [0.1, 0.15) is 38.2 Å². The summed E-state index contributed by atoms with van der Waals surface area (Å²) in [7, 11) is 0. The number of benzene rings is 1. The van der Waals surface area contributed by atoms with E-state index in [1.54, 1.807) is 12.1 Å². The molecular formula is C18H24N2O5. The molecule has 0 atom stereocenters. The molecule has 1 aromatic carbocycles. The van der Waals surface area contributed by atoms with Gasteiger partial charge in [-0.25, -0.2) is 0 Å². The fourth-order valence-corrected chi connectivity index (χ4v) is 3.82. The van der Waals surface area contributed by atoms with Crippen molar-refractivity contribution in [2.45, 2.75) is 38.0 Å². The quantitative estimate of drug-likeness (QED) is 0.664. The Kier molecular flexibility index (Phi) is 4.94. The van der Waals surface area contributed by atoms with Gasteiger partial charge in [0.05, 0.1) is 10.3 Å². The van der Waals surface area contributed by atoms with Crippen molar-refractivity contribution in [2.24, 2.45) is 5.92 Å². The highest BCUT2D eigenvalue weighted by Gasteiger charge is 2.43. The second kappa shape index (κ2) is 7.00. The fourth-order valence-electron chi connectivity index (χ4n) is 3.82. The van der Waals surface area contributed by atoms with Crippen LogP contribution in [-0.2, 0) is 14.9 Å². The number of hydrogen-bond donors (Lipinski definition) is 1. The maximum Gasteiger partial charge on any atom is 0.314 e. The molecule has 0 saturated carbocycles. The highest BCUT2D eigenvalue weighted by molar-refractivity contribution is 5.83. The Morgan fingerprint density at radius 1 is 1.32 bits per heavy atom. The van der Waals surface area contributed by atoms with E-state index < -0.39 is 11.4 Å². The Morgan fingerprint density at radius 3 is 2.52 bits per heavy atom. The van der Waals surface area contributed by atoms with Gasteiger partial charge in [0, 0.05) is 32.4 Å². The van der Waals surface area contributed by atoms with E-state index in [1.165, 1.54) is 6.07 Å². The average Bonchev–Trinajstić information content (AvgIpc) is 2.62. The lowest BCUT2D eigenvalue weighted by molar-refractivity contribution is -0.384. The molecule has 0 bridgehead atoms. The van der Waals surface area contributed by atoms with Crippen LogP contribution in [0.25, 0.3) is 0 Å². The van der Waals surface area contributed by atoms with E-state index in [4.69, 9.17) is 4.74 Å². The maximum absolute atomic E-state index is 12.0. The SMILES string of the molecule is CC1CCN(c2cc(C3(C(=O)O)CCOCC3)ccc2[N+](=O)[O-])CC1. The number of hydrogen-bond acceptors (Lipinski definition) is 5. The Hall–Kier alpha value is -2.15. The van der Waals surface area contributed by atoms with Crippen LogP contribution >= 0.6 is 0 Å². The topological polar surface area (TPSA) is 92.9 Å². The van der Waals surface area contributed by atoms with E-state index >= 15 is 0 Å². The van der Waals surface area contributed by atoms with Crippen molar-refractivity contribution in [3.63, 3.8) is 0 Å². The molecule has 1 N–H and O–H groups in total. The fraction of sp³-hybridized carbons (Fsp3) is 0.611. The molecule has 0 radical (unpaired) electrons. The molecule has 2 aliphatic rings. The molecule has 25 heavy (non-hydrogen) atoms. The zero-order chi connectivity index (χ0) is 18.0. The van der Waals surface area contributed by atoms with Gasteiger partial charge in [0.25, 0.3) is 5.69 Å². The second-order valence-electron chi connectivity index (χ2n) is 7.13. The highest BCUT2D eigenvalue weighted by atomic mass is 16.6. The van der Waals surface area contributed by atoms with Crippen molar-refractivity contribution < 1.29 is 19.6 Å². The van der Waals surface area contributed by atoms with E-state index in [0.717, 1.165) is 25.9 Å². The summed E-state index contributed by atoms with van der Waals surface area (Å²) < 4.78 is 5.33. The van der Waals surface area contributed by atoms with Gasteiger partial charge in [-0.3, -0.25) is 14.9 Å². The lowest BCUT2D eigenvalue weighted by Crippen LogP contribution is -2.41. The average molecular weight is 348 g/mol. The molecule has 0 aromatic heterocycles. The number of carboxylic acids is 1. The van der Waals surface area contributed by atoms with Crippen LogP contribution in [0.4, 0.5) is 11.4 Å². The zero-order valence-corrected chi connectivity index (χ0v) is 14.4. The van der Waals surface area contributed by atoms with Crippen LogP contribution < -0.4 is 4.90 Å². The molecule has 2 heterocycles. The zero-order valence-electron chi connectivity index (χ0n) is 14.4. The maximum atomic E-state index is 12.0. The summed E-state index contributed by atoms with van der Waals surface area (Å²) in [5.74, 6) is -0.276. The first-order chi connectivity index (χ1) is 11.9. The van der Waals surface area contributed by atoms with Crippen LogP contribution in [-0.4, -0.2) is 42.3 Å². The minimum absolute atomic E-state index is 0.0471. The number of anilines is 1. The largest absolute Gasteiger partial charge is 0.481 e. The molecular weight excluding hydrogens is 324 g/mol. The molecule has 2 aliphatic heterocycles. The van der Waals surface area contributed by atoms with Crippen molar-refractivity contribution in [3.8, 4) is 0 Å². The molecule has 7 nitrogen and oxygen atoms in total. The Labute approximate surface area is 146 Å². The van der Waals surface area contributed by atoms with E-state index in [1.807, 2.05) is 4.90 Å². The van der Waals surface area contributed by atoms with Crippen molar-refractivity contribution in [1.82, 2.24) is 0 Å². The van der Waals surface area contributed by atoms with E-state index in [9.17, 15) is 20.0 Å². The highest BCUT2D eigenvalue weighted by Crippen LogP contribution is 2.40. The number of nitro groups is 1. The number of carbonyl (C=O) groups is 1. The van der Waals surface area contributed by atoms with Crippen LogP contribution in [0.15, 0.2) is 18.2 Å². The van der Waals surface area contributed by atoms with Gasteiger partial charge in [-0.05, 0) is 43.2 Å². The molecule has 1 aromatic rings. The summed E-state index contributed by atoms with van der Waals surface area (Å²) in [6.45, 7) is 4.48. The molecule has 0 aliphatic carbocycles. The summed E-state index contributed by atoms with van der Waals surface area (Å²) in [6.07, 6.45) is 2.74. The number of piperidine rings is 1. The smallest absolute Gasteiger partial charge is 0.314 e. The predicted molar refractivity (Wildman–Crippen MR) is 93.1 cm³/mol. The molecule has 7 heteroatoms. The van der Waals surface area contributed by atoms with Crippen LogP contribution in [0.3, 0.4) is 0 Å². The molecule has 0 spiro atoms. The molecule has 2 fully saturated rings. The number of nitro benzene ring substituents is 1. The number of carboxylic acid groups (broad SMARTS) is 1. The normalized spacial score (nSPS) is 21.1. The number of aliphatic carboxylic acids is 1. The van der Waals surface area contributed by atoms with Crippen molar-refractivity contribution in [3.05, 3.63) is 33.9 Å². The van der Waals surface area contributed by atoms with Gasteiger partial charge in [-0.15, -0.1) is 0 Å². The number of nitrogens with zero attached hydrogens (tertiary/aromatic N) is 2. The lowest BCUT2D eigenvalue weighted by atomic mass is 9.74. The monoisotopic (exact) mass is 348 g/mol. The first kappa shape index (κ1) is 17.7. The van der Waals surface area contributed by atoms with Gasteiger partial charge >= 0.3 is 5.97 Å². The van der Waals surface area contributed by atoms with E-state index in [2.05, 4.69) is 6.92 Å². The third-order valence-corrected chi connectivity index (χ3v) is 5.60. The Balaban J connectivity index is 2.02. The predicted octanol–water partition coefficient (Wildman–Crippen LogP) is 2.96. The van der Waals surface area contributed by atoms with Gasteiger partial charge in [0.15, 0.2) is 0 Å². The molecule has 0 unspecified atom stereocenters. The van der Waals surface area contributed by atoms with Gasteiger partial charge in [0.2, 0.25) is 0 Å². The number of ether oxygens (including phenoxy) is 1. The van der Waals surface area contributed by atoms with Gasteiger partial charge < -0.3 is 14.7 Å². The first-order valence-corrected chi connectivity index (χ1v) is 8.79. The van der Waals surface area contributed by atoms with Gasteiger partial charge in [0.1, 0.15) is 5.69 Å². The van der Waals surface area contributed by atoms with E-state index in [-0.39, 0.29) is 10.6 Å². The summed E-state index contributed by atoms with van der Waals surface area (Å²) >= 11 is 0. The first-order valence-electron chi connectivity index (χ1n) is 8.79. The Morgan fingerprint density at radius 2 is 1.96 bits per heavy atom. The van der Waals surface area contributed by atoms with Gasteiger partial charge in [-0.2, -0.15) is 0 Å². The van der Waals surface area contributed by atoms with Crippen molar-refractivity contribution >= 4 is 17.3 Å². The van der Waals surface area contributed by atoms with Crippen LogP contribution in [0.5, 0.6) is 0 Å². The summed E-state index contributed by atoms with van der Waals surface area (Å²) in [5, 5.41) is 21.3. The van der Waals surface area contributed by atoms with E-state index in [0.29, 0.717) is 43.2 Å². The summed E-state index contributed by atoms with van der Waals surface area (Å²) in [4.78, 5) is 25.1. The van der Waals surface area contributed by atoms with Crippen LogP contribution in [0.2, 0.25) is 0 Å². The standard InChI is InChI=1S/C18H24N2O5/c1-13-4-8-19(9-5-13)16-12-14(2-3-15(16)20(23)24)18(17(21)22)6-10-25-11-7-18/h2-3,12-13H,4-11H2,1H3,(H,21,22). The van der Waals surface area contributed by atoms with Crippen LogP contribution in [0, 0.1) is 16.0 Å². The molecule has 2 saturated heterocycles. The molecule has 3 rings (SSSR count). The number of rotatable bonds is 4. The minimum atomic E-state index is -1.02. The summed E-state index contributed by atoms with van der Waals surface area (Å²) in [6, 6.07) is 4.80. The van der Waals surface area contributed by atoms with Crippen molar-refractivity contribution in [1.29, 1.82) is 0 Å². The molecule has 0 amide bonds. The third-order valence-electron chi connectivity index (χ3n) is 5.60. The third kappa shape index (κ3) is 3.33. The second-order valence-corrected chi connectivity index (χ2v) is 7.13. The minimum Gasteiger partial charge on any atom is -0.481 e. The van der Waals surface area contributed by atoms with Gasteiger partial charge in [-0.1, -0.05) is 13.0 Å².